The van der Waals surface area contributed by atoms with E-state index in [1.54, 1.807) is 0 Å². The van der Waals surface area contributed by atoms with Crippen LogP contribution in [0, 0.1) is 0 Å². The van der Waals surface area contributed by atoms with Crippen molar-refractivity contribution in [2.24, 2.45) is 0 Å². The van der Waals surface area contributed by atoms with Crippen LogP contribution >= 0.6 is 0 Å². The van der Waals surface area contributed by atoms with E-state index in [1.165, 1.54) is 12.8 Å². The van der Waals surface area contributed by atoms with Gasteiger partial charge in [-0.1, -0.05) is 0 Å². The van der Waals surface area contributed by atoms with E-state index in [2.05, 4.69) is 5.32 Å². The average molecular weight is 115 g/mol. The third-order valence-electron chi connectivity index (χ3n) is 1.36. The monoisotopic (exact) mass is 115 g/mol. The third kappa shape index (κ3) is 2.28. The average Bonchev–Trinajstić information content (AvgIpc) is 2.51. The number of hydrogen-bond donors (Lipinski definition) is 1. The van der Waals surface area contributed by atoms with E-state index in [0.717, 1.165) is 13.2 Å². The third-order valence-corrected chi connectivity index (χ3v) is 1.36. The first-order chi connectivity index (χ1) is 3.93. The van der Waals surface area contributed by atoms with Crippen LogP contribution in [0.25, 0.3) is 0 Å². The first-order valence-electron chi connectivity index (χ1n) is 3.19. The van der Waals surface area contributed by atoms with E-state index in [-0.39, 0.29) is 0 Å². The van der Waals surface area contributed by atoms with Crippen molar-refractivity contribution in [3.05, 3.63) is 0 Å². The van der Waals surface area contributed by atoms with Gasteiger partial charge in [0.25, 0.3) is 0 Å². The highest BCUT2D eigenvalue weighted by molar-refractivity contribution is 4.68. The zero-order chi connectivity index (χ0) is 5.82. The smallest absolute Gasteiger partial charge is 0.0810 e. The van der Waals surface area contributed by atoms with Gasteiger partial charge in [0.1, 0.15) is 0 Å². The van der Waals surface area contributed by atoms with Gasteiger partial charge in [0.05, 0.1) is 12.7 Å². The minimum atomic E-state index is 0.614. The van der Waals surface area contributed by atoms with Crippen LogP contribution in [0.15, 0.2) is 0 Å². The molecule has 0 aromatic heterocycles. The number of ether oxygens (including phenoxy) is 1. The highest BCUT2D eigenvalue weighted by Crippen LogP contribution is 2.14. The number of epoxide rings is 1. The molecule has 1 saturated heterocycles. The zero-order valence-corrected chi connectivity index (χ0v) is 5.31. The Morgan fingerprint density at radius 1 is 1.75 bits per heavy atom. The molecule has 2 nitrogen and oxygen atoms in total. The molecule has 8 heavy (non-hydrogen) atoms. The molecule has 0 radical (unpaired) electrons. The quantitative estimate of drug-likeness (QED) is 0.423. The minimum absolute atomic E-state index is 0.614. The lowest BCUT2D eigenvalue weighted by Crippen LogP contribution is -2.07. The van der Waals surface area contributed by atoms with Gasteiger partial charge in [0.2, 0.25) is 0 Å². The molecule has 0 bridgehead atoms. The molecule has 0 spiro atoms. The summed E-state index contributed by atoms with van der Waals surface area (Å²) in [6, 6.07) is 0. The molecule has 0 saturated carbocycles. The number of nitrogens with one attached hydrogen (secondary N) is 1. The van der Waals surface area contributed by atoms with Gasteiger partial charge in [0.15, 0.2) is 0 Å². The van der Waals surface area contributed by atoms with E-state index in [0.29, 0.717) is 6.10 Å². The first kappa shape index (κ1) is 6.05. The molecule has 1 aliphatic rings. The van der Waals surface area contributed by atoms with Crippen molar-refractivity contribution in [2.45, 2.75) is 18.9 Å². The normalized spacial score (nSPS) is 25.9. The Morgan fingerprint density at radius 3 is 3.00 bits per heavy atom. The number of rotatable bonds is 4. The molecular formula is C6H13NO. The van der Waals surface area contributed by atoms with Crippen LogP contribution in [0.5, 0.6) is 0 Å². The zero-order valence-electron chi connectivity index (χ0n) is 5.31. The van der Waals surface area contributed by atoms with Crippen molar-refractivity contribution in [1.82, 2.24) is 5.32 Å². The lowest BCUT2D eigenvalue weighted by atomic mass is 10.2. The summed E-state index contributed by atoms with van der Waals surface area (Å²) in [5.74, 6) is 0. The molecule has 0 aromatic carbocycles. The lowest BCUT2D eigenvalue weighted by molar-refractivity contribution is 0.391. The van der Waals surface area contributed by atoms with Crippen molar-refractivity contribution in [3.63, 3.8) is 0 Å². The summed E-state index contributed by atoms with van der Waals surface area (Å²) in [6.45, 7) is 2.13. The molecule has 2 heteroatoms. The Bertz CT molecular complexity index is 61.5. The van der Waals surface area contributed by atoms with Crippen LogP contribution in [-0.2, 0) is 4.74 Å². The van der Waals surface area contributed by atoms with Crippen LogP contribution in [0.2, 0.25) is 0 Å². The van der Waals surface area contributed by atoms with Gasteiger partial charge >= 0.3 is 0 Å². The molecule has 1 aliphatic heterocycles. The van der Waals surface area contributed by atoms with Crippen LogP contribution in [0.4, 0.5) is 0 Å². The lowest BCUT2D eigenvalue weighted by Gasteiger charge is -1.93. The molecule has 1 unspecified atom stereocenters. The second-order valence-electron chi connectivity index (χ2n) is 2.20. The molecule has 1 heterocycles. The molecule has 1 rings (SSSR count). The highest BCUT2D eigenvalue weighted by atomic mass is 16.6. The predicted octanol–water partition coefficient (Wildman–Crippen LogP) is 0.385. The Hall–Kier alpha value is -0.0800. The standard InChI is InChI=1S/C6H13NO/c1-7-4-2-3-6-5-8-6/h6-7H,2-5H2,1H3. The summed E-state index contributed by atoms with van der Waals surface area (Å²) in [5.41, 5.74) is 0. The van der Waals surface area contributed by atoms with Crippen molar-refractivity contribution >= 4 is 0 Å². The fraction of sp³-hybridized carbons (Fsp3) is 1.00. The summed E-state index contributed by atoms with van der Waals surface area (Å²) >= 11 is 0. The van der Waals surface area contributed by atoms with E-state index in [9.17, 15) is 0 Å². The molecule has 0 aliphatic carbocycles. The van der Waals surface area contributed by atoms with Gasteiger partial charge in [-0.3, -0.25) is 0 Å². The Kier molecular flexibility index (Phi) is 2.30. The van der Waals surface area contributed by atoms with Gasteiger partial charge < -0.3 is 10.1 Å². The van der Waals surface area contributed by atoms with Crippen molar-refractivity contribution in [3.8, 4) is 0 Å². The summed E-state index contributed by atoms with van der Waals surface area (Å²) in [7, 11) is 1.98. The second kappa shape index (κ2) is 3.05. The fourth-order valence-electron chi connectivity index (χ4n) is 0.741. The maximum Gasteiger partial charge on any atom is 0.0810 e. The molecule has 1 atom stereocenters. The van der Waals surface area contributed by atoms with Crippen molar-refractivity contribution in [2.75, 3.05) is 20.2 Å². The molecular weight excluding hydrogens is 102 g/mol. The van der Waals surface area contributed by atoms with E-state index < -0.39 is 0 Å². The van der Waals surface area contributed by atoms with E-state index in [4.69, 9.17) is 4.74 Å². The largest absolute Gasteiger partial charge is 0.373 e. The SMILES string of the molecule is CNCCCC1CO1. The molecule has 48 valence electrons. The molecule has 0 amide bonds. The van der Waals surface area contributed by atoms with Crippen LogP contribution in [-0.4, -0.2) is 26.3 Å². The predicted molar refractivity (Wildman–Crippen MR) is 32.9 cm³/mol. The first-order valence-corrected chi connectivity index (χ1v) is 3.19. The van der Waals surface area contributed by atoms with Crippen molar-refractivity contribution < 1.29 is 4.74 Å². The van der Waals surface area contributed by atoms with Gasteiger partial charge in [-0.25, -0.2) is 0 Å². The van der Waals surface area contributed by atoms with Gasteiger partial charge in [-0.2, -0.15) is 0 Å². The summed E-state index contributed by atoms with van der Waals surface area (Å²) < 4.78 is 5.03. The Balaban J connectivity index is 1.74. The van der Waals surface area contributed by atoms with Gasteiger partial charge in [0, 0.05) is 0 Å². The van der Waals surface area contributed by atoms with Crippen LogP contribution in [0.1, 0.15) is 12.8 Å². The number of hydrogen-bond acceptors (Lipinski definition) is 2. The van der Waals surface area contributed by atoms with Gasteiger partial charge in [-0.05, 0) is 26.4 Å². The topological polar surface area (TPSA) is 24.6 Å². The maximum absolute atomic E-state index is 5.03. The molecule has 1 N–H and O–H groups in total. The van der Waals surface area contributed by atoms with Crippen LogP contribution in [0.3, 0.4) is 0 Å². The molecule has 0 aromatic rings. The summed E-state index contributed by atoms with van der Waals surface area (Å²) in [4.78, 5) is 0. The maximum atomic E-state index is 5.03. The summed E-state index contributed by atoms with van der Waals surface area (Å²) in [6.07, 6.45) is 3.10. The second-order valence-corrected chi connectivity index (χ2v) is 2.20. The highest BCUT2D eigenvalue weighted by Gasteiger charge is 2.20. The Labute approximate surface area is 50.2 Å². The fourth-order valence-corrected chi connectivity index (χ4v) is 0.741. The van der Waals surface area contributed by atoms with E-state index in [1.807, 2.05) is 7.05 Å². The minimum Gasteiger partial charge on any atom is -0.373 e. The van der Waals surface area contributed by atoms with E-state index >= 15 is 0 Å². The Morgan fingerprint density at radius 2 is 2.50 bits per heavy atom. The van der Waals surface area contributed by atoms with Crippen molar-refractivity contribution in [1.29, 1.82) is 0 Å². The summed E-state index contributed by atoms with van der Waals surface area (Å²) in [5, 5.41) is 3.10. The molecule has 1 fully saturated rings. The van der Waals surface area contributed by atoms with Crippen LogP contribution < -0.4 is 5.32 Å². The van der Waals surface area contributed by atoms with Gasteiger partial charge in [-0.15, -0.1) is 0 Å².